The van der Waals surface area contributed by atoms with E-state index in [1.54, 1.807) is 35.2 Å². The lowest BCUT2D eigenvalue weighted by atomic mass is 10.2. The smallest absolute Gasteiger partial charge is 0.255 e. The lowest BCUT2D eigenvalue weighted by Crippen LogP contribution is -2.48. The van der Waals surface area contributed by atoms with Gasteiger partial charge in [-0.25, -0.2) is 8.42 Å². The Morgan fingerprint density at radius 1 is 1.06 bits per heavy atom. The van der Waals surface area contributed by atoms with Crippen molar-refractivity contribution in [1.29, 1.82) is 0 Å². The topological polar surface area (TPSA) is 96.0 Å². The monoisotopic (exact) mass is 457 g/mol. The fourth-order valence-corrected chi connectivity index (χ4v) is 5.82. The van der Waals surface area contributed by atoms with Crippen molar-refractivity contribution in [2.45, 2.75) is 43.8 Å². The molecule has 2 heterocycles. The first-order valence-corrected chi connectivity index (χ1v) is 12.2. The predicted octanol–water partition coefficient (Wildman–Crippen LogP) is 2.86. The molecule has 4 rings (SSSR count). The maximum Gasteiger partial charge on any atom is 0.255 e. The van der Waals surface area contributed by atoms with Crippen LogP contribution in [0.15, 0.2) is 53.4 Å². The van der Waals surface area contributed by atoms with Crippen molar-refractivity contribution in [3.05, 3.63) is 54.1 Å². The molecule has 32 heavy (non-hydrogen) atoms. The van der Waals surface area contributed by atoms with Crippen LogP contribution in [0.2, 0.25) is 0 Å². The zero-order chi connectivity index (χ0) is 22.9. The summed E-state index contributed by atoms with van der Waals surface area (Å²) in [7, 11) is -3.76. The van der Waals surface area contributed by atoms with Crippen molar-refractivity contribution in [2.75, 3.05) is 29.9 Å². The van der Waals surface area contributed by atoms with Gasteiger partial charge in [-0.1, -0.05) is 18.2 Å². The highest BCUT2D eigenvalue weighted by Gasteiger charge is 2.32. The van der Waals surface area contributed by atoms with Crippen molar-refractivity contribution >= 4 is 33.2 Å². The van der Waals surface area contributed by atoms with Gasteiger partial charge in [0.15, 0.2) is 0 Å². The summed E-state index contributed by atoms with van der Waals surface area (Å²) in [6.45, 7) is 4.81. The van der Waals surface area contributed by atoms with E-state index < -0.39 is 15.9 Å². The van der Waals surface area contributed by atoms with E-state index in [9.17, 15) is 18.0 Å². The SMILES string of the molecule is CC1CN(S(=O)(=O)c2cccc(C(=O)Nc3ccccc3N3CCCC3=O)c2)CC(C)O1. The van der Waals surface area contributed by atoms with Gasteiger partial charge in [-0.15, -0.1) is 0 Å². The Kier molecular flexibility index (Phi) is 6.32. The van der Waals surface area contributed by atoms with Crippen LogP contribution in [0.3, 0.4) is 0 Å². The Morgan fingerprint density at radius 2 is 1.78 bits per heavy atom. The normalized spacial score (nSPS) is 22.2. The first kappa shape index (κ1) is 22.4. The van der Waals surface area contributed by atoms with Crippen molar-refractivity contribution in [1.82, 2.24) is 4.31 Å². The number of anilines is 2. The van der Waals surface area contributed by atoms with E-state index in [1.165, 1.54) is 16.4 Å². The van der Waals surface area contributed by atoms with Crippen LogP contribution in [-0.2, 0) is 19.6 Å². The van der Waals surface area contributed by atoms with Crippen LogP contribution in [0.5, 0.6) is 0 Å². The van der Waals surface area contributed by atoms with Crippen LogP contribution in [0.25, 0.3) is 0 Å². The first-order valence-electron chi connectivity index (χ1n) is 10.7. The van der Waals surface area contributed by atoms with Gasteiger partial charge >= 0.3 is 0 Å². The highest BCUT2D eigenvalue weighted by Crippen LogP contribution is 2.30. The van der Waals surface area contributed by atoms with Crippen LogP contribution in [0.4, 0.5) is 11.4 Å². The third-order valence-electron chi connectivity index (χ3n) is 5.64. The number of nitrogens with one attached hydrogen (secondary N) is 1. The van der Waals surface area contributed by atoms with Gasteiger partial charge in [-0.3, -0.25) is 9.59 Å². The zero-order valence-electron chi connectivity index (χ0n) is 18.2. The van der Waals surface area contributed by atoms with Gasteiger partial charge in [0.25, 0.3) is 5.91 Å². The summed E-state index contributed by atoms with van der Waals surface area (Å²) in [5, 5.41) is 2.84. The lowest BCUT2D eigenvalue weighted by molar-refractivity contribution is -0.117. The molecular weight excluding hydrogens is 430 g/mol. The molecule has 2 atom stereocenters. The number of morpholine rings is 1. The highest BCUT2D eigenvalue weighted by molar-refractivity contribution is 7.89. The molecule has 0 saturated carbocycles. The van der Waals surface area contributed by atoms with E-state index in [1.807, 2.05) is 19.9 Å². The molecule has 9 heteroatoms. The number of rotatable bonds is 5. The minimum absolute atomic E-state index is 0.0220. The number of carbonyl (C=O) groups is 2. The maximum absolute atomic E-state index is 13.2. The fraction of sp³-hybridized carbons (Fsp3) is 0.391. The fourth-order valence-electron chi connectivity index (χ4n) is 4.19. The highest BCUT2D eigenvalue weighted by atomic mass is 32.2. The number of benzene rings is 2. The van der Waals surface area contributed by atoms with E-state index in [0.717, 1.165) is 6.42 Å². The summed E-state index contributed by atoms with van der Waals surface area (Å²) in [4.78, 5) is 26.9. The van der Waals surface area contributed by atoms with Gasteiger partial charge in [0.1, 0.15) is 0 Å². The zero-order valence-corrected chi connectivity index (χ0v) is 19.0. The summed E-state index contributed by atoms with van der Waals surface area (Å²) < 4.78 is 33.4. The molecule has 2 saturated heterocycles. The van der Waals surface area contributed by atoms with Gasteiger partial charge in [-0.2, -0.15) is 4.31 Å². The molecule has 0 spiro atoms. The van der Waals surface area contributed by atoms with Crippen LogP contribution in [0.1, 0.15) is 37.0 Å². The molecule has 2 aromatic carbocycles. The van der Waals surface area contributed by atoms with Crippen LogP contribution < -0.4 is 10.2 Å². The second-order valence-electron chi connectivity index (χ2n) is 8.23. The van der Waals surface area contributed by atoms with Crippen molar-refractivity contribution in [3.8, 4) is 0 Å². The number of hydrogen-bond donors (Lipinski definition) is 1. The Morgan fingerprint density at radius 3 is 2.47 bits per heavy atom. The summed E-state index contributed by atoms with van der Waals surface area (Å²) in [6, 6.07) is 13.1. The van der Waals surface area contributed by atoms with Crippen LogP contribution in [-0.4, -0.2) is 56.4 Å². The average molecular weight is 458 g/mol. The van der Waals surface area contributed by atoms with Crippen molar-refractivity contribution in [2.24, 2.45) is 0 Å². The van der Waals surface area contributed by atoms with Gasteiger partial charge in [0.2, 0.25) is 15.9 Å². The van der Waals surface area contributed by atoms with E-state index in [2.05, 4.69) is 5.32 Å². The summed E-state index contributed by atoms with van der Waals surface area (Å²) >= 11 is 0. The quantitative estimate of drug-likeness (QED) is 0.745. The number of amides is 2. The van der Waals surface area contributed by atoms with Gasteiger partial charge in [0, 0.05) is 31.6 Å². The molecule has 8 nitrogen and oxygen atoms in total. The molecule has 2 unspecified atom stereocenters. The maximum atomic E-state index is 13.2. The number of nitrogens with zero attached hydrogens (tertiary/aromatic N) is 2. The number of para-hydroxylation sites is 2. The minimum atomic E-state index is -3.76. The van der Waals surface area contributed by atoms with Crippen molar-refractivity contribution < 1.29 is 22.7 Å². The molecular formula is C23H27N3O5S. The molecule has 2 fully saturated rings. The number of sulfonamides is 1. The summed E-state index contributed by atoms with van der Waals surface area (Å²) in [5.74, 6) is -0.418. The summed E-state index contributed by atoms with van der Waals surface area (Å²) in [6.07, 6.45) is 0.857. The van der Waals surface area contributed by atoms with E-state index in [-0.39, 0.29) is 41.7 Å². The van der Waals surface area contributed by atoms with Crippen molar-refractivity contribution in [3.63, 3.8) is 0 Å². The molecule has 0 aliphatic carbocycles. The second-order valence-corrected chi connectivity index (χ2v) is 10.2. The standard InChI is InChI=1S/C23H27N3O5S/c1-16-14-25(15-17(2)31-16)32(29,30)19-8-5-7-18(13-19)23(28)24-20-9-3-4-10-21(20)26-12-6-11-22(26)27/h3-5,7-10,13,16-17H,6,11-12,14-15H2,1-2H3,(H,24,28). The van der Waals surface area contributed by atoms with Crippen LogP contribution in [0, 0.1) is 0 Å². The first-order chi connectivity index (χ1) is 15.3. The number of carbonyl (C=O) groups excluding carboxylic acids is 2. The number of hydrogen-bond acceptors (Lipinski definition) is 5. The molecule has 2 aliphatic rings. The van der Waals surface area contributed by atoms with Crippen LogP contribution >= 0.6 is 0 Å². The molecule has 2 amide bonds. The Hall–Kier alpha value is -2.75. The largest absolute Gasteiger partial charge is 0.373 e. The lowest BCUT2D eigenvalue weighted by Gasteiger charge is -2.34. The molecule has 2 aromatic rings. The summed E-state index contributed by atoms with van der Waals surface area (Å²) in [5.41, 5.74) is 1.38. The van der Waals surface area contributed by atoms with E-state index in [4.69, 9.17) is 4.74 Å². The second kappa shape index (κ2) is 9.01. The van der Waals surface area contributed by atoms with Gasteiger partial charge < -0.3 is 15.0 Å². The molecule has 1 N–H and O–H groups in total. The molecule has 0 radical (unpaired) electrons. The number of ether oxygens (including phenoxy) is 1. The molecule has 0 bridgehead atoms. The molecule has 0 aromatic heterocycles. The third-order valence-corrected chi connectivity index (χ3v) is 7.46. The van der Waals surface area contributed by atoms with Gasteiger partial charge in [0.05, 0.1) is 28.5 Å². The predicted molar refractivity (Wildman–Crippen MR) is 121 cm³/mol. The Bertz CT molecular complexity index is 1120. The van der Waals surface area contributed by atoms with E-state index in [0.29, 0.717) is 24.3 Å². The average Bonchev–Trinajstić information content (AvgIpc) is 3.19. The van der Waals surface area contributed by atoms with E-state index >= 15 is 0 Å². The third kappa shape index (κ3) is 4.55. The molecule has 170 valence electrons. The Labute approximate surface area is 188 Å². The molecule has 2 aliphatic heterocycles. The minimum Gasteiger partial charge on any atom is -0.373 e. The van der Waals surface area contributed by atoms with Gasteiger partial charge in [-0.05, 0) is 50.6 Å². The Balaban J connectivity index is 1.57.